The van der Waals surface area contributed by atoms with Crippen molar-refractivity contribution in [2.24, 2.45) is 0 Å². The largest absolute Gasteiger partial charge is 0.355 e. The summed E-state index contributed by atoms with van der Waals surface area (Å²) in [5.74, 6) is 0.653. The molecule has 1 saturated heterocycles. The molecule has 1 aliphatic heterocycles. The number of piperidine rings is 1. The Labute approximate surface area is 216 Å². The molecule has 5 rings (SSSR count). The molecule has 1 fully saturated rings. The fourth-order valence-electron chi connectivity index (χ4n) is 5.25. The number of fused-ring (bicyclic) bond motifs is 1. The number of H-pyrrole nitrogens is 1. The van der Waals surface area contributed by atoms with Crippen LogP contribution in [0.2, 0.25) is 0 Å². The van der Waals surface area contributed by atoms with E-state index in [1.54, 1.807) is 0 Å². The van der Waals surface area contributed by atoms with Gasteiger partial charge in [-0.25, -0.2) is 9.97 Å². The maximum atomic E-state index is 13.7. The maximum absolute atomic E-state index is 13.7. The molecule has 0 bridgehead atoms. The molecule has 8 nitrogen and oxygen atoms in total. The zero-order valence-electron chi connectivity index (χ0n) is 21.3. The number of benzene rings is 2. The topological polar surface area (TPSA) is 94.2 Å². The van der Waals surface area contributed by atoms with Gasteiger partial charge >= 0.3 is 0 Å². The molecule has 2 aromatic heterocycles. The highest BCUT2D eigenvalue weighted by Gasteiger charge is 2.35. The maximum Gasteiger partial charge on any atom is 0.253 e. The van der Waals surface area contributed by atoms with Crippen LogP contribution in [0, 0.1) is 0 Å². The lowest BCUT2D eigenvalue weighted by atomic mass is 9.76. The van der Waals surface area contributed by atoms with Crippen LogP contribution in [0.15, 0.2) is 73.2 Å². The van der Waals surface area contributed by atoms with E-state index < -0.39 is 0 Å². The van der Waals surface area contributed by atoms with Gasteiger partial charge in [0.1, 0.15) is 17.8 Å². The van der Waals surface area contributed by atoms with Gasteiger partial charge in [-0.3, -0.25) is 9.59 Å². The first-order valence-electron chi connectivity index (χ1n) is 12.7. The Morgan fingerprint density at radius 1 is 1.11 bits per heavy atom. The zero-order chi connectivity index (χ0) is 25.8. The fraction of sp³-hybridized carbons (Fsp3) is 0.310. The highest BCUT2D eigenvalue weighted by molar-refractivity contribution is 5.96. The van der Waals surface area contributed by atoms with Crippen molar-refractivity contribution in [3.8, 4) is 0 Å². The third kappa shape index (κ3) is 5.18. The molecule has 2 amide bonds. The quantitative estimate of drug-likeness (QED) is 0.395. The van der Waals surface area contributed by atoms with Crippen LogP contribution < -0.4 is 10.2 Å². The first-order chi connectivity index (χ1) is 17.9. The number of hydrogen-bond donors (Lipinski definition) is 2. The van der Waals surface area contributed by atoms with Crippen molar-refractivity contribution in [1.82, 2.24) is 25.2 Å². The Hall–Kier alpha value is -4.20. The third-order valence-corrected chi connectivity index (χ3v) is 7.16. The van der Waals surface area contributed by atoms with E-state index in [4.69, 9.17) is 0 Å². The summed E-state index contributed by atoms with van der Waals surface area (Å²) in [4.78, 5) is 41.2. The SMILES string of the molecule is CC(=O)NCCN(c1cccc(C(=O)N2CCCC(C)(c3ccccc3)C2)c1)c1ncnc2[nH]ccc12. The van der Waals surface area contributed by atoms with Gasteiger partial charge in [0.25, 0.3) is 5.91 Å². The van der Waals surface area contributed by atoms with Gasteiger partial charge in [0.05, 0.1) is 5.39 Å². The zero-order valence-corrected chi connectivity index (χ0v) is 21.3. The second kappa shape index (κ2) is 10.4. The van der Waals surface area contributed by atoms with Crippen LogP contribution in [0.3, 0.4) is 0 Å². The molecule has 1 atom stereocenters. The van der Waals surface area contributed by atoms with Gasteiger partial charge < -0.3 is 20.1 Å². The lowest BCUT2D eigenvalue weighted by molar-refractivity contribution is -0.118. The summed E-state index contributed by atoms with van der Waals surface area (Å²) in [6.07, 6.45) is 5.37. The van der Waals surface area contributed by atoms with Crippen LogP contribution in [-0.4, -0.2) is 57.8 Å². The minimum absolute atomic E-state index is 0.0278. The molecular formula is C29H32N6O2. The van der Waals surface area contributed by atoms with Crippen LogP contribution in [0.1, 0.15) is 42.6 Å². The molecule has 0 aliphatic carbocycles. The monoisotopic (exact) mass is 496 g/mol. The van der Waals surface area contributed by atoms with Gasteiger partial charge in [-0.15, -0.1) is 0 Å². The lowest BCUT2D eigenvalue weighted by Gasteiger charge is -2.41. The second-order valence-electron chi connectivity index (χ2n) is 9.88. The third-order valence-electron chi connectivity index (χ3n) is 7.16. The van der Waals surface area contributed by atoms with Gasteiger partial charge in [-0.1, -0.05) is 43.3 Å². The summed E-state index contributed by atoms with van der Waals surface area (Å²) >= 11 is 0. The fourth-order valence-corrected chi connectivity index (χ4v) is 5.25. The first kappa shape index (κ1) is 24.5. The van der Waals surface area contributed by atoms with Crippen LogP contribution in [0.5, 0.6) is 0 Å². The smallest absolute Gasteiger partial charge is 0.253 e. The van der Waals surface area contributed by atoms with Crippen molar-refractivity contribution in [3.05, 3.63) is 84.3 Å². The van der Waals surface area contributed by atoms with E-state index in [0.29, 0.717) is 25.2 Å². The Kier molecular flexibility index (Phi) is 6.90. The Balaban J connectivity index is 1.44. The molecule has 2 N–H and O–H groups in total. The van der Waals surface area contributed by atoms with Crippen molar-refractivity contribution >= 4 is 34.4 Å². The number of likely N-dealkylation sites (tertiary alicyclic amines) is 1. The van der Waals surface area contributed by atoms with E-state index in [-0.39, 0.29) is 17.2 Å². The van der Waals surface area contributed by atoms with Crippen LogP contribution in [0.25, 0.3) is 11.0 Å². The molecule has 0 spiro atoms. The average molecular weight is 497 g/mol. The molecule has 0 saturated carbocycles. The van der Waals surface area contributed by atoms with Gasteiger partial charge in [-0.05, 0) is 42.7 Å². The molecule has 4 aromatic rings. The minimum atomic E-state index is -0.0927. The predicted molar refractivity (Wildman–Crippen MR) is 145 cm³/mol. The summed E-state index contributed by atoms with van der Waals surface area (Å²) in [7, 11) is 0. The predicted octanol–water partition coefficient (Wildman–Crippen LogP) is 4.43. The second-order valence-corrected chi connectivity index (χ2v) is 9.88. The molecule has 2 aromatic carbocycles. The Morgan fingerprint density at radius 2 is 1.95 bits per heavy atom. The minimum Gasteiger partial charge on any atom is -0.355 e. The van der Waals surface area contributed by atoms with Crippen LogP contribution in [0.4, 0.5) is 11.5 Å². The number of hydrogen-bond acceptors (Lipinski definition) is 5. The number of aromatic amines is 1. The summed E-state index contributed by atoms with van der Waals surface area (Å²) in [6.45, 7) is 6.10. The van der Waals surface area contributed by atoms with Crippen molar-refractivity contribution in [1.29, 1.82) is 0 Å². The van der Waals surface area contributed by atoms with E-state index in [0.717, 1.165) is 41.9 Å². The number of rotatable bonds is 7. The number of nitrogens with one attached hydrogen (secondary N) is 2. The van der Waals surface area contributed by atoms with E-state index in [1.165, 1.54) is 18.8 Å². The molecule has 8 heteroatoms. The van der Waals surface area contributed by atoms with Crippen molar-refractivity contribution in [2.45, 2.75) is 32.1 Å². The summed E-state index contributed by atoms with van der Waals surface area (Å²) < 4.78 is 0. The highest BCUT2D eigenvalue weighted by Crippen LogP contribution is 2.35. The van der Waals surface area contributed by atoms with Crippen LogP contribution in [-0.2, 0) is 10.2 Å². The van der Waals surface area contributed by atoms with Gasteiger partial charge in [0, 0.05) is 56.0 Å². The van der Waals surface area contributed by atoms with E-state index in [9.17, 15) is 9.59 Å². The van der Waals surface area contributed by atoms with E-state index in [2.05, 4.69) is 51.5 Å². The molecular weight excluding hydrogens is 464 g/mol. The van der Waals surface area contributed by atoms with Gasteiger partial charge in [-0.2, -0.15) is 0 Å². The number of aromatic nitrogens is 3. The normalized spacial score (nSPS) is 17.5. The summed E-state index contributed by atoms with van der Waals surface area (Å²) in [5.41, 5.74) is 3.40. The van der Waals surface area contributed by atoms with Crippen molar-refractivity contribution in [2.75, 3.05) is 31.1 Å². The number of carbonyl (C=O) groups excluding carboxylic acids is 2. The van der Waals surface area contributed by atoms with Crippen molar-refractivity contribution < 1.29 is 9.59 Å². The molecule has 1 aliphatic rings. The number of anilines is 2. The molecule has 190 valence electrons. The molecule has 3 heterocycles. The number of nitrogens with zero attached hydrogens (tertiary/aromatic N) is 4. The molecule has 37 heavy (non-hydrogen) atoms. The summed E-state index contributed by atoms with van der Waals surface area (Å²) in [5, 5.41) is 3.74. The van der Waals surface area contributed by atoms with Gasteiger partial charge in [0.15, 0.2) is 0 Å². The standard InChI is InChI=1S/C29H32N6O2/c1-21(36)30-15-17-35(27-25-12-14-31-26(25)32-20-33-27)24-11-6-8-22(18-24)28(37)34-16-7-13-29(2,19-34)23-9-4-3-5-10-23/h3-6,8-12,14,18,20H,7,13,15-17,19H2,1-2H3,(H,30,36)(H,31,32,33). The average Bonchev–Trinajstić information content (AvgIpc) is 3.41. The summed E-state index contributed by atoms with van der Waals surface area (Å²) in [6, 6.07) is 20.1. The van der Waals surface area contributed by atoms with E-state index in [1.807, 2.05) is 52.4 Å². The number of carbonyl (C=O) groups is 2. The van der Waals surface area contributed by atoms with E-state index >= 15 is 0 Å². The molecule has 0 radical (unpaired) electrons. The van der Waals surface area contributed by atoms with Crippen LogP contribution >= 0.6 is 0 Å². The Bertz CT molecular complexity index is 1400. The van der Waals surface area contributed by atoms with Gasteiger partial charge in [0.2, 0.25) is 5.91 Å². The Morgan fingerprint density at radius 3 is 2.76 bits per heavy atom. The highest BCUT2D eigenvalue weighted by atomic mass is 16.2. The number of amides is 2. The van der Waals surface area contributed by atoms with Crippen molar-refractivity contribution in [3.63, 3.8) is 0 Å². The lowest BCUT2D eigenvalue weighted by Crippen LogP contribution is -2.47. The molecule has 1 unspecified atom stereocenters. The first-order valence-corrected chi connectivity index (χ1v) is 12.7.